The number of fused-ring (bicyclic) bond motifs is 1. The standard InChI is InChI=1S/C9H16N2/c1-5-4-6(10)11-8-7(5)9(8,2)3/h5,7-8H,4H2,1-3H3,(H2,10,11)/t5?,7-,8-/m0/s1. The third kappa shape index (κ3) is 0.815. The number of rotatable bonds is 0. The van der Waals surface area contributed by atoms with E-state index in [1.165, 1.54) is 0 Å². The van der Waals surface area contributed by atoms with Crippen LogP contribution in [0.1, 0.15) is 27.2 Å². The van der Waals surface area contributed by atoms with Gasteiger partial charge in [-0.2, -0.15) is 0 Å². The fraction of sp³-hybridized carbons (Fsp3) is 0.889. The van der Waals surface area contributed by atoms with Crippen molar-refractivity contribution in [1.29, 1.82) is 0 Å². The normalized spacial score (nSPS) is 46.1. The molecule has 0 amide bonds. The van der Waals surface area contributed by atoms with E-state index in [9.17, 15) is 0 Å². The highest BCUT2D eigenvalue weighted by atomic mass is 15.0. The topological polar surface area (TPSA) is 38.4 Å². The molecule has 1 aliphatic heterocycles. The number of nitrogens with zero attached hydrogens (tertiary/aromatic N) is 1. The summed E-state index contributed by atoms with van der Waals surface area (Å²) in [6, 6.07) is 0.534. The van der Waals surface area contributed by atoms with E-state index in [1.807, 2.05) is 0 Å². The Hall–Kier alpha value is -0.530. The van der Waals surface area contributed by atoms with Crippen LogP contribution >= 0.6 is 0 Å². The first-order chi connectivity index (χ1) is 5.03. The maximum Gasteiger partial charge on any atom is 0.0943 e. The summed E-state index contributed by atoms with van der Waals surface area (Å²) in [4.78, 5) is 4.45. The van der Waals surface area contributed by atoms with Gasteiger partial charge in [-0.3, -0.25) is 4.99 Å². The van der Waals surface area contributed by atoms with E-state index in [0.29, 0.717) is 11.5 Å². The molecule has 2 N–H and O–H groups in total. The van der Waals surface area contributed by atoms with E-state index < -0.39 is 0 Å². The lowest BCUT2D eigenvalue weighted by atomic mass is 9.95. The minimum absolute atomic E-state index is 0.431. The lowest BCUT2D eigenvalue weighted by Gasteiger charge is -2.14. The molecule has 2 rings (SSSR count). The molecule has 2 nitrogen and oxygen atoms in total. The van der Waals surface area contributed by atoms with Gasteiger partial charge in [0, 0.05) is 6.42 Å². The zero-order valence-corrected chi connectivity index (χ0v) is 7.46. The van der Waals surface area contributed by atoms with Crippen LogP contribution in [0, 0.1) is 17.3 Å². The Labute approximate surface area is 67.9 Å². The van der Waals surface area contributed by atoms with Gasteiger partial charge >= 0.3 is 0 Å². The van der Waals surface area contributed by atoms with Crippen molar-refractivity contribution < 1.29 is 0 Å². The van der Waals surface area contributed by atoms with E-state index >= 15 is 0 Å². The van der Waals surface area contributed by atoms with Gasteiger partial charge in [-0.1, -0.05) is 20.8 Å². The Morgan fingerprint density at radius 2 is 2.18 bits per heavy atom. The highest BCUT2D eigenvalue weighted by molar-refractivity contribution is 5.82. The van der Waals surface area contributed by atoms with Crippen LogP contribution in [-0.2, 0) is 0 Å². The molecule has 11 heavy (non-hydrogen) atoms. The van der Waals surface area contributed by atoms with Gasteiger partial charge in [0.2, 0.25) is 0 Å². The van der Waals surface area contributed by atoms with Crippen molar-refractivity contribution in [2.75, 3.05) is 0 Å². The Morgan fingerprint density at radius 1 is 1.55 bits per heavy atom. The Bertz CT molecular complexity index is 218. The van der Waals surface area contributed by atoms with Crippen molar-refractivity contribution in [2.45, 2.75) is 33.2 Å². The smallest absolute Gasteiger partial charge is 0.0943 e. The predicted molar refractivity (Wildman–Crippen MR) is 46.5 cm³/mol. The maximum atomic E-state index is 5.71. The second-order valence-electron chi connectivity index (χ2n) is 4.59. The summed E-state index contributed by atoms with van der Waals surface area (Å²) in [5, 5.41) is 0. The summed E-state index contributed by atoms with van der Waals surface area (Å²) in [6.07, 6.45) is 1.00. The van der Waals surface area contributed by atoms with Crippen LogP contribution in [-0.4, -0.2) is 11.9 Å². The molecule has 0 aromatic heterocycles. The molecular weight excluding hydrogens is 136 g/mol. The van der Waals surface area contributed by atoms with Crippen molar-refractivity contribution in [3.8, 4) is 0 Å². The highest BCUT2D eigenvalue weighted by Gasteiger charge is 2.61. The molecule has 3 atom stereocenters. The molecule has 1 fully saturated rings. The summed E-state index contributed by atoms with van der Waals surface area (Å²) in [5.41, 5.74) is 6.14. The summed E-state index contributed by atoms with van der Waals surface area (Å²) in [5.74, 6) is 2.41. The molecule has 0 spiro atoms. The second kappa shape index (κ2) is 1.79. The Kier molecular flexibility index (Phi) is 1.16. The third-order valence-electron chi connectivity index (χ3n) is 3.30. The molecule has 0 aromatic carbocycles. The van der Waals surface area contributed by atoms with E-state index in [2.05, 4.69) is 25.8 Å². The first kappa shape index (κ1) is 7.14. The van der Waals surface area contributed by atoms with Crippen molar-refractivity contribution in [1.82, 2.24) is 0 Å². The Balaban J connectivity index is 2.25. The summed E-state index contributed by atoms with van der Waals surface area (Å²) in [7, 11) is 0. The molecule has 1 aliphatic carbocycles. The lowest BCUT2D eigenvalue weighted by molar-refractivity contribution is 0.430. The fourth-order valence-corrected chi connectivity index (χ4v) is 2.63. The van der Waals surface area contributed by atoms with Crippen LogP contribution in [0.5, 0.6) is 0 Å². The van der Waals surface area contributed by atoms with Crippen molar-refractivity contribution >= 4 is 5.84 Å². The predicted octanol–water partition coefficient (Wildman–Crippen LogP) is 1.41. The van der Waals surface area contributed by atoms with Gasteiger partial charge in [-0.15, -0.1) is 0 Å². The van der Waals surface area contributed by atoms with Crippen LogP contribution in [0.15, 0.2) is 4.99 Å². The molecule has 1 unspecified atom stereocenters. The van der Waals surface area contributed by atoms with Gasteiger partial charge in [0.15, 0.2) is 0 Å². The average Bonchev–Trinajstić information content (AvgIpc) is 2.34. The largest absolute Gasteiger partial charge is 0.387 e. The van der Waals surface area contributed by atoms with Gasteiger partial charge in [0.25, 0.3) is 0 Å². The number of nitrogens with two attached hydrogens (primary N) is 1. The van der Waals surface area contributed by atoms with Crippen molar-refractivity contribution in [2.24, 2.45) is 28.0 Å². The molecule has 0 aromatic rings. The third-order valence-corrected chi connectivity index (χ3v) is 3.30. The molecule has 0 bridgehead atoms. The van der Waals surface area contributed by atoms with Gasteiger partial charge in [-0.25, -0.2) is 0 Å². The molecule has 0 saturated heterocycles. The van der Waals surface area contributed by atoms with E-state index in [1.54, 1.807) is 0 Å². The maximum absolute atomic E-state index is 5.71. The first-order valence-corrected chi connectivity index (χ1v) is 4.35. The van der Waals surface area contributed by atoms with Crippen molar-refractivity contribution in [3.63, 3.8) is 0 Å². The summed E-state index contributed by atoms with van der Waals surface area (Å²) >= 11 is 0. The number of hydrogen-bond acceptors (Lipinski definition) is 2. The zero-order chi connectivity index (χ0) is 8.22. The molecular formula is C9H16N2. The van der Waals surface area contributed by atoms with Crippen LogP contribution < -0.4 is 5.73 Å². The quantitative estimate of drug-likeness (QED) is 0.560. The number of aliphatic imine (C=N–C) groups is 1. The molecule has 0 radical (unpaired) electrons. The monoisotopic (exact) mass is 152 g/mol. The zero-order valence-electron chi connectivity index (χ0n) is 7.46. The highest BCUT2D eigenvalue weighted by Crippen LogP contribution is 2.60. The molecule has 62 valence electrons. The van der Waals surface area contributed by atoms with Gasteiger partial charge in [0.05, 0.1) is 11.9 Å². The Morgan fingerprint density at radius 3 is 2.73 bits per heavy atom. The summed E-state index contributed by atoms with van der Waals surface area (Å²) < 4.78 is 0. The number of hydrogen-bond donors (Lipinski definition) is 1. The summed E-state index contributed by atoms with van der Waals surface area (Å²) in [6.45, 7) is 6.87. The van der Waals surface area contributed by atoms with Crippen LogP contribution in [0.3, 0.4) is 0 Å². The minimum atomic E-state index is 0.431. The van der Waals surface area contributed by atoms with Gasteiger partial charge in [0.1, 0.15) is 0 Å². The van der Waals surface area contributed by atoms with E-state index in [-0.39, 0.29) is 0 Å². The minimum Gasteiger partial charge on any atom is -0.387 e. The SMILES string of the molecule is CC1CC(N)=N[C@H]2[C@H]1C2(C)C. The van der Waals surface area contributed by atoms with E-state index in [0.717, 1.165) is 24.1 Å². The van der Waals surface area contributed by atoms with Crippen LogP contribution in [0.4, 0.5) is 0 Å². The van der Waals surface area contributed by atoms with Gasteiger partial charge in [-0.05, 0) is 17.3 Å². The van der Waals surface area contributed by atoms with Gasteiger partial charge < -0.3 is 5.73 Å². The molecule has 2 aliphatic rings. The molecule has 1 saturated carbocycles. The first-order valence-electron chi connectivity index (χ1n) is 4.35. The average molecular weight is 152 g/mol. The van der Waals surface area contributed by atoms with E-state index in [4.69, 9.17) is 5.73 Å². The fourth-order valence-electron chi connectivity index (χ4n) is 2.63. The molecule has 2 heteroatoms. The lowest BCUT2D eigenvalue weighted by Crippen LogP contribution is -2.22. The molecule has 1 heterocycles. The second-order valence-corrected chi connectivity index (χ2v) is 4.59. The number of amidine groups is 1. The van der Waals surface area contributed by atoms with Crippen molar-refractivity contribution in [3.05, 3.63) is 0 Å². The van der Waals surface area contributed by atoms with Crippen LogP contribution in [0.25, 0.3) is 0 Å². The van der Waals surface area contributed by atoms with Crippen LogP contribution in [0.2, 0.25) is 0 Å².